The van der Waals surface area contributed by atoms with Crippen molar-refractivity contribution in [2.24, 2.45) is 5.92 Å². The summed E-state index contributed by atoms with van der Waals surface area (Å²) in [5, 5.41) is 18.4. The van der Waals surface area contributed by atoms with Gasteiger partial charge >= 0.3 is 13.0 Å². The number of benzene rings is 1. The van der Waals surface area contributed by atoms with Crippen LogP contribution in [0.15, 0.2) is 24.3 Å². The Morgan fingerprint density at radius 3 is 2.37 bits per heavy atom. The molecule has 0 spiro atoms. The Kier molecular flexibility index (Phi) is 4.61. The maximum absolute atomic E-state index is 10.8. The molecule has 0 bridgehead atoms. The van der Waals surface area contributed by atoms with E-state index in [0.717, 1.165) is 32.4 Å². The average molecular weight is 261 g/mol. The van der Waals surface area contributed by atoms with Gasteiger partial charge in [0.05, 0.1) is 5.56 Å². The zero-order valence-corrected chi connectivity index (χ0v) is 11.2. The first-order chi connectivity index (χ1) is 9.06. The minimum atomic E-state index is -0.878. The van der Waals surface area contributed by atoms with Gasteiger partial charge in [0, 0.05) is 0 Å². The van der Waals surface area contributed by atoms with Crippen LogP contribution in [0.25, 0.3) is 0 Å². The summed E-state index contributed by atoms with van der Waals surface area (Å²) in [6, 6.07) is 7.15. The van der Waals surface area contributed by atoms with E-state index in [1.165, 1.54) is 5.56 Å². The maximum atomic E-state index is 10.8. The lowest BCUT2D eigenvalue weighted by Gasteiger charge is -2.32. The van der Waals surface area contributed by atoms with E-state index < -0.39 is 5.97 Å². The predicted molar refractivity (Wildman–Crippen MR) is 75.2 cm³/mol. The van der Waals surface area contributed by atoms with Crippen LogP contribution in [0.1, 0.15) is 28.8 Å². The van der Waals surface area contributed by atoms with Gasteiger partial charge in [-0.25, -0.2) is 4.79 Å². The molecule has 0 radical (unpaired) electrons. The van der Waals surface area contributed by atoms with E-state index in [1.807, 2.05) is 19.0 Å². The molecule has 2 N–H and O–H groups in total. The van der Waals surface area contributed by atoms with Crippen molar-refractivity contribution in [1.29, 1.82) is 0 Å². The van der Waals surface area contributed by atoms with Crippen molar-refractivity contribution in [3.63, 3.8) is 0 Å². The van der Waals surface area contributed by atoms with Crippen LogP contribution in [0.5, 0.6) is 0 Å². The van der Waals surface area contributed by atoms with Crippen molar-refractivity contribution in [3.8, 4) is 0 Å². The lowest BCUT2D eigenvalue weighted by atomic mass is 9.80. The molecule has 0 amide bonds. The van der Waals surface area contributed by atoms with Gasteiger partial charge in [-0.2, -0.15) is 0 Å². The van der Waals surface area contributed by atoms with Crippen molar-refractivity contribution in [3.05, 3.63) is 35.4 Å². The van der Waals surface area contributed by atoms with E-state index in [9.17, 15) is 9.82 Å². The van der Waals surface area contributed by atoms with Crippen LogP contribution in [0.2, 0.25) is 6.82 Å². The molecule has 19 heavy (non-hydrogen) atoms. The van der Waals surface area contributed by atoms with E-state index >= 15 is 0 Å². The Hall–Kier alpha value is -1.33. The average Bonchev–Trinajstić information content (AvgIpc) is 2.40. The van der Waals surface area contributed by atoms with Gasteiger partial charge in [-0.3, -0.25) is 0 Å². The number of nitrogens with zero attached hydrogens (tertiary/aromatic N) is 1. The summed E-state index contributed by atoms with van der Waals surface area (Å²) < 4.78 is 0. The molecule has 1 aromatic carbocycles. The van der Waals surface area contributed by atoms with Gasteiger partial charge in [0.2, 0.25) is 0 Å². The standard InChI is InChI=1S/C14H20BNO3/c1-15(19)16-8-6-12(7-9-16)10-11-2-4-13(5-3-11)14(17)18/h2-5,12,19H,6-10H2,1H3,(H,17,18). The van der Waals surface area contributed by atoms with Crippen LogP contribution in [0.3, 0.4) is 0 Å². The Morgan fingerprint density at radius 1 is 1.32 bits per heavy atom. The molecule has 0 unspecified atom stereocenters. The molecule has 0 saturated carbocycles. The van der Waals surface area contributed by atoms with Crippen LogP contribution in [-0.2, 0) is 6.42 Å². The van der Waals surface area contributed by atoms with Gasteiger partial charge in [-0.15, -0.1) is 0 Å². The number of carbonyl (C=O) groups is 1. The van der Waals surface area contributed by atoms with E-state index in [1.54, 1.807) is 12.1 Å². The first-order valence-corrected chi connectivity index (χ1v) is 6.80. The summed E-state index contributed by atoms with van der Waals surface area (Å²) in [5.74, 6) is -0.248. The van der Waals surface area contributed by atoms with Gasteiger partial charge in [-0.1, -0.05) is 12.1 Å². The number of carboxylic acid groups (broad SMARTS) is 1. The third-order valence-electron chi connectivity index (χ3n) is 3.90. The first kappa shape index (κ1) is 14.1. The number of aromatic carboxylic acids is 1. The Balaban J connectivity index is 1.87. The second kappa shape index (κ2) is 6.22. The SMILES string of the molecule is CB(O)N1CCC(Cc2ccc(C(=O)O)cc2)CC1. The number of carboxylic acids is 1. The molecule has 1 fully saturated rings. The predicted octanol–water partition coefficient (Wildman–Crippen LogP) is 1.75. The molecule has 2 rings (SSSR count). The molecule has 1 aliphatic heterocycles. The van der Waals surface area contributed by atoms with Crippen molar-refractivity contribution in [2.45, 2.75) is 26.1 Å². The largest absolute Gasteiger partial charge is 0.478 e. The number of piperidine rings is 1. The Morgan fingerprint density at radius 2 is 1.89 bits per heavy atom. The van der Waals surface area contributed by atoms with Crippen molar-refractivity contribution >= 4 is 13.0 Å². The van der Waals surface area contributed by atoms with Gasteiger partial charge in [0.15, 0.2) is 0 Å². The van der Waals surface area contributed by atoms with Crippen LogP contribution in [0, 0.1) is 5.92 Å². The van der Waals surface area contributed by atoms with E-state index in [0.29, 0.717) is 11.5 Å². The van der Waals surface area contributed by atoms with Gasteiger partial charge in [0.1, 0.15) is 0 Å². The van der Waals surface area contributed by atoms with E-state index in [-0.39, 0.29) is 7.05 Å². The monoisotopic (exact) mass is 261 g/mol. The number of rotatable bonds is 4. The summed E-state index contributed by atoms with van der Waals surface area (Å²) in [7, 11) is -0.351. The van der Waals surface area contributed by atoms with Gasteiger partial charge in [-0.05, 0) is 62.8 Å². The van der Waals surface area contributed by atoms with Gasteiger partial charge in [0.25, 0.3) is 0 Å². The lowest BCUT2D eigenvalue weighted by Crippen LogP contribution is -2.43. The zero-order chi connectivity index (χ0) is 13.8. The molecule has 5 heteroatoms. The molecular formula is C14H20BNO3. The summed E-state index contributed by atoms with van der Waals surface area (Å²) in [6.45, 7) is 3.69. The minimum absolute atomic E-state index is 0.340. The smallest absolute Gasteiger partial charge is 0.376 e. The molecule has 102 valence electrons. The zero-order valence-electron chi connectivity index (χ0n) is 11.2. The molecule has 1 saturated heterocycles. The lowest BCUT2D eigenvalue weighted by molar-refractivity contribution is 0.0697. The topological polar surface area (TPSA) is 60.8 Å². The summed E-state index contributed by atoms with van der Waals surface area (Å²) in [4.78, 5) is 12.9. The highest BCUT2D eigenvalue weighted by Crippen LogP contribution is 2.22. The van der Waals surface area contributed by atoms with E-state index in [2.05, 4.69) is 4.81 Å². The van der Waals surface area contributed by atoms with Crippen LogP contribution < -0.4 is 0 Å². The van der Waals surface area contributed by atoms with Crippen molar-refractivity contribution in [1.82, 2.24) is 4.81 Å². The fraction of sp³-hybridized carbons (Fsp3) is 0.500. The fourth-order valence-corrected chi connectivity index (χ4v) is 2.65. The molecular weight excluding hydrogens is 241 g/mol. The highest BCUT2D eigenvalue weighted by molar-refractivity contribution is 6.45. The fourth-order valence-electron chi connectivity index (χ4n) is 2.65. The van der Waals surface area contributed by atoms with Crippen LogP contribution in [0.4, 0.5) is 0 Å². The minimum Gasteiger partial charge on any atom is -0.478 e. The van der Waals surface area contributed by atoms with Crippen LogP contribution in [-0.4, -0.2) is 41.1 Å². The van der Waals surface area contributed by atoms with Crippen LogP contribution >= 0.6 is 0 Å². The summed E-state index contributed by atoms with van der Waals surface area (Å²) in [5.41, 5.74) is 1.54. The molecule has 4 nitrogen and oxygen atoms in total. The molecule has 0 aliphatic carbocycles. The van der Waals surface area contributed by atoms with Gasteiger partial charge < -0.3 is 14.9 Å². The van der Waals surface area contributed by atoms with E-state index in [4.69, 9.17) is 5.11 Å². The number of hydrogen-bond acceptors (Lipinski definition) is 3. The molecule has 1 aliphatic rings. The molecule has 1 heterocycles. The Labute approximate surface area is 114 Å². The second-order valence-electron chi connectivity index (χ2n) is 5.32. The third-order valence-corrected chi connectivity index (χ3v) is 3.90. The molecule has 0 aromatic heterocycles. The first-order valence-electron chi connectivity index (χ1n) is 6.80. The second-order valence-corrected chi connectivity index (χ2v) is 5.32. The highest BCUT2D eigenvalue weighted by Gasteiger charge is 2.23. The van der Waals surface area contributed by atoms with Crippen molar-refractivity contribution < 1.29 is 14.9 Å². The van der Waals surface area contributed by atoms with Crippen molar-refractivity contribution in [2.75, 3.05) is 13.1 Å². The summed E-state index contributed by atoms with van der Waals surface area (Å²) >= 11 is 0. The molecule has 1 aromatic rings. The Bertz CT molecular complexity index is 425. The number of hydrogen-bond donors (Lipinski definition) is 2. The molecule has 0 atom stereocenters. The summed E-state index contributed by atoms with van der Waals surface area (Å²) in [6.07, 6.45) is 3.17. The normalized spacial score (nSPS) is 17.4. The third kappa shape index (κ3) is 3.82. The maximum Gasteiger partial charge on any atom is 0.376 e. The highest BCUT2D eigenvalue weighted by atomic mass is 16.4. The quantitative estimate of drug-likeness (QED) is 0.810.